The normalized spacial score (nSPS) is 13.1. The average molecular weight is 383 g/mol. The fourth-order valence-electron chi connectivity index (χ4n) is 2.98. The highest BCUT2D eigenvalue weighted by molar-refractivity contribution is 5.94. The van der Waals surface area contributed by atoms with E-state index in [0.717, 1.165) is 28.3 Å². The number of benzene rings is 2. The van der Waals surface area contributed by atoms with E-state index in [2.05, 4.69) is 31.4 Å². The van der Waals surface area contributed by atoms with E-state index in [9.17, 15) is 9.59 Å². The zero-order chi connectivity index (χ0) is 20.7. The predicted octanol–water partition coefficient (Wildman–Crippen LogP) is 2.85. The first-order valence-electron chi connectivity index (χ1n) is 9.92. The SMILES string of the molecule is CCc1ccccc1NC(=O)C[NH+](C)[C@H](C)C(=O)Nc1ccc(C(C)C)cc1. The van der Waals surface area contributed by atoms with Gasteiger partial charge in [0.25, 0.3) is 11.8 Å². The van der Waals surface area contributed by atoms with Crippen molar-refractivity contribution in [3.63, 3.8) is 0 Å². The van der Waals surface area contributed by atoms with Gasteiger partial charge in [0, 0.05) is 11.4 Å². The number of rotatable bonds is 8. The van der Waals surface area contributed by atoms with Gasteiger partial charge in [-0.05, 0) is 48.6 Å². The van der Waals surface area contributed by atoms with Crippen molar-refractivity contribution in [2.24, 2.45) is 0 Å². The molecule has 28 heavy (non-hydrogen) atoms. The third-order valence-corrected chi connectivity index (χ3v) is 5.09. The zero-order valence-corrected chi connectivity index (χ0v) is 17.5. The molecule has 5 heteroatoms. The van der Waals surface area contributed by atoms with E-state index in [1.165, 1.54) is 5.56 Å². The first-order valence-corrected chi connectivity index (χ1v) is 9.92. The molecule has 0 saturated carbocycles. The summed E-state index contributed by atoms with van der Waals surface area (Å²) in [5.74, 6) is 0.256. The Morgan fingerprint density at radius 3 is 2.21 bits per heavy atom. The molecule has 0 spiro atoms. The van der Waals surface area contributed by atoms with Gasteiger partial charge < -0.3 is 15.5 Å². The summed E-state index contributed by atoms with van der Waals surface area (Å²) in [4.78, 5) is 25.8. The summed E-state index contributed by atoms with van der Waals surface area (Å²) in [6, 6.07) is 15.3. The highest BCUT2D eigenvalue weighted by atomic mass is 16.2. The lowest BCUT2D eigenvalue weighted by atomic mass is 10.0. The molecule has 2 aromatic rings. The Morgan fingerprint density at radius 2 is 1.61 bits per heavy atom. The summed E-state index contributed by atoms with van der Waals surface area (Å²) in [6.45, 7) is 8.39. The van der Waals surface area contributed by atoms with Crippen molar-refractivity contribution in [1.29, 1.82) is 0 Å². The van der Waals surface area contributed by atoms with E-state index in [1.54, 1.807) is 0 Å². The number of anilines is 2. The van der Waals surface area contributed by atoms with Gasteiger partial charge in [-0.3, -0.25) is 9.59 Å². The van der Waals surface area contributed by atoms with Crippen LogP contribution in [-0.2, 0) is 16.0 Å². The molecule has 0 aromatic heterocycles. The number of carbonyl (C=O) groups excluding carboxylic acids is 2. The topological polar surface area (TPSA) is 62.6 Å². The van der Waals surface area contributed by atoms with Crippen LogP contribution in [0.1, 0.15) is 44.7 Å². The zero-order valence-electron chi connectivity index (χ0n) is 17.5. The van der Waals surface area contributed by atoms with Gasteiger partial charge in [-0.2, -0.15) is 0 Å². The standard InChI is InChI=1S/C23H31N3O2/c1-6-18-9-7-8-10-21(18)25-22(27)15-26(5)17(4)23(28)24-20-13-11-19(12-14-20)16(2)3/h7-14,16-17H,6,15H2,1-5H3,(H,24,28)(H,25,27)/p+1/t17-/m1/s1. The van der Waals surface area contributed by atoms with Crippen molar-refractivity contribution in [1.82, 2.24) is 0 Å². The van der Waals surface area contributed by atoms with Gasteiger partial charge in [0.1, 0.15) is 0 Å². The van der Waals surface area contributed by atoms with Crippen LogP contribution in [0, 0.1) is 0 Å². The lowest BCUT2D eigenvalue weighted by Crippen LogP contribution is -3.14. The van der Waals surface area contributed by atoms with Crippen LogP contribution in [0.15, 0.2) is 48.5 Å². The highest BCUT2D eigenvalue weighted by Gasteiger charge is 2.24. The van der Waals surface area contributed by atoms with Crippen LogP contribution in [0.25, 0.3) is 0 Å². The molecule has 2 aromatic carbocycles. The number of carbonyl (C=O) groups is 2. The Morgan fingerprint density at radius 1 is 0.964 bits per heavy atom. The molecule has 2 rings (SSSR count). The lowest BCUT2D eigenvalue weighted by Gasteiger charge is -2.21. The second-order valence-corrected chi connectivity index (χ2v) is 7.57. The molecule has 5 nitrogen and oxygen atoms in total. The Balaban J connectivity index is 1.90. The van der Waals surface area contributed by atoms with Crippen molar-refractivity contribution in [2.75, 3.05) is 24.2 Å². The van der Waals surface area contributed by atoms with Gasteiger partial charge in [-0.25, -0.2) is 0 Å². The van der Waals surface area contributed by atoms with Gasteiger partial charge in [0.2, 0.25) is 0 Å². The van der Waals surface area contributed by atoms with Crippen LogP contribution in [0.3, 0.4) is 0 Å². The maximum atomic E-state index is 12.5. The van der Waals surface area contributed by atoms with Gasteiger partial charge in [0.15, 0.2) is 12.6 Å². The fourth-order valence-corrected chi connectivity index (χ4v) is 2.98. The summed E-state index contributed by atoms with van der Waals surface area (Å²) < 4.78 is 0. The summed E-state index contributed by atoms with van der Waals surface area (Å²) in [6.07, 6.45) is 0.855. The first kappa shape index (κ1) is 21.6. The minimum Gasteiger partial charge on any atom is -0.321 e. The summed E-state index contributed by atoms with van der Waals surface area (Å²) >= 11 is 0. The molecule has 1 unspecified atom stereocenters. The molecular formula is C23H32N3O2+. The molecule has 2 atom stereocenters. The molecule has 0 heterocycles. The van der Waals surface area contributed by atoms with E-state index in [-0.39, 0.29) is 24.4 Å². The lowest BCUT2D eigenvalue weighted by molar-refractivity contribution is -0.885. The van der Waals surface area contributed by atoms with Gasteiger partial charge in [-0.1, -0.05) is 51.1 Å². The molecule has 150 valence electrons. The molecule has 3 N–H and O–H groups in total. The third kappa shape index (κ3) is 5.92. The molecular weight excluding hydrogens is 350 g/mol. The minimum absolute atomic E-state index is 0.0978. The number of amides is 2. The van der Waals surface area contributed by atoms with Gasteiger partial charge in [-0.15, -0.1) is 0 Å². The van der Waals surface area contributed by atoms with Crippen molar-refractivity contribution in [2.45, 2.75) is 46.1 Å². The smallest absolute Gasteiger partial charge is 0.282 e. The number of nitrogens with one attached hydrogen (secondary N) is 3. The van der Waals surface area contributed by atoms with Crippen LogP contribution in [-0.4, -0.2) is 31.4 Å². The summed E-state index contributed by atoms with van der Waals surface area (Å²) in [7, 11) is 1.86. The van der Waals surface area contributed by atoms with Crippen molar-refractivity contribution >= 4 is 23.2 Å². The van der Waals surface area contributed by atoms with E-state index in [1.807, 2.05) is 62.5 Å². The number of aryl methyl sites for hydroxylation is 1. The number of para-hydroxylation sites is 1. The number of quaternary nitrogens is 1. The Hall–Kier alpha value is -2.66. The molecule has 0 aliphatic carbocycles. The molecule has 0 bridgehead atoms. The van der Waals surface area contributed by atoms with Gasteiger partial charge >= 0.3 is 0 Å². The Labute approximate surface area is 168 Å². The monoisotopic (exact) mass is 382 g/mol. The van der Waals surface area contributed by atoms with Crippen molar-refractivity contribution in [3.8, 4) is 0 Å². The molecule has 0 fully saturated rings. The number of hydrogen-bond donors (Lipinski definition) is 3. The second-order valence-electron chi connectivity index (χ2n) is 7.57. The number of hydrogen-bond acceptors (Lipinski definition) is 2. The van der Waals surface area contributed by atoms with Crippen LogP contribution in [0.5, 0.6) is 0 Å². The molecule has 2 amide bonds. The third-order valence-electron chi connectivity index (χ3n) is 5.09. The maximum absolute atomic E-state index is 12.5. The Bertz CT molecular complexity index is 800. The van der Waals surface area contributed by atoms with Crippen molar-refractivity contribution in [3.05, 3.63) is 59.7 Å². The predicted molar refractivity (Wildman–Crippen MR) is 115 cm³/mol. The van der Waals surface area contributed by atoms with Gasteiger partial charge in [0.05, 0.1) is 7.05 Å². The maximum Gasteiger partial charge on any atom is 0.282 e. The molecule has 0 saturated heterocycles. The van der Waals surface area contributed by atoms with E-state index < -0.39 is 0 Å². The summed E-state index contributed by atoms with van der Waals surface area (Å²) in [5.41, 5.74) is 3.95. The fraction of sp³-hybridized carbons (Fsp3) is 0.391. The summed E-state index contributed by atoms with van der Waals surface area (Å²) in [5, 5.41) is 5.90. The first-order chi connectivity index (χ1) is 13.3. The highest BCUT2D eigenvalue weighted by Crippen LogP contribution is 2.17. The van der Waals surface area contributed by atoms with Crippen LogP contribution in [0.2, 0.25) is 0 Å². The molecule has 0 radical (unpaired) electrons. The average Bonchev–Trinajstić information content (AvgIpc) is 2.68. The largest absolute Gasteiger partial charge is 0.321 e. The Kier molecular flexibility index (Phi) is 7.76. The van der Waals surface area contributed by atoms with Crippen LogP contribution < -0.4 is 15.5 Å². The van der Waals surface area contributed by atoms with E-state index in [0.29, 0.717) is 5.92 Å². The second kappa shape index (κ2) is 10.0. The molecule has 0 aliphatic rings. The van der Waals surface area contributed by atoms with Crippen molar-refractivity contribution < 1.29 is 14.5 Å². The van der Waals surface area contributed by atoms with Crippen LogP contribution in [0.4, 0.5) is 11.4 Å². The number of likely N-dealkylation sites (N-methyl/N-ethyl adjacent to an activating group) is 1. The molecule has 0 aliphatic heterocycles. The quantitative estimate of drug-likeness (QED) is 0.657. The van der Waals surface area contributed by atoms with E-state index in [4.69, 9.17) is 0 Å². The van der Waals surface area contributed by atoms with Crippen LogP contribution >= 0.6 is 0 Å². The van der Waals surface area contributed by atoms with E-state index >= 15 is 0 Å². The minimum atomic E-state index is -0.350.